The van der Waals surface area contributed by atoms with Crippen LogP contribution in [0, 0.1) is 5.92 Å². The van der Waals surface area contributed by atoms with Gasteiger partial charge in [-0.3, -0.25) is 0 Å². The van der Waals surface area contributed by atoms with Crippen molar-refractivity contribution in [2.75, 3.05) is 19.7 Å². The number of aliphatic hydroxyl groups is 1. The summed E-state index contributed by atoms with van der Waals surface area (Å²) in [7, 11) is 0. The summed E-state index contributed by atoms with van der Waals surface area (Å²) in [6.07, 6.45) is 2.17. The molecule has 0 aliphatic carbocycles. The van der Waals surface area contributed by atoms with Gasteiger partial charge in [-0.05, 0) is 36.4 Å². The van der Waals surface area contributed by atoms with Crippen LogP contribution in [-0.4, -0.2) is 24.8 Å². The van der Waals surface area contributed by atoms with Crippen LogP contribution >= 0.6 is 0 Å². The Morgan fingerprint density at radius 2 is 2.06 bits per heavy atom. The molecule has 1 rings (SSSR count). The first-order chi connectivity index (χ1) is 8.24. The summed E-state index contributed by atoms with van der Waals surface area (Å²) in [6.45, 7) is 8.25. The number of benzene rings is 1. The van der Waals surface area contributed by atoms with E-state index in [0.717, 1.165) is 31.5 Å². The molecule has 94 valence electrons. The minimum atomic E-state index is 0.288. The van der Waals surface area contributed by atoms with E-state index in [9.17, 15) is 0 Å². The summed E-state index contributed by atoms with van der Waals surface area (Å²) in [4.78, 5) is 0. The quantitative estimate of drug-likeness (QED) is 0.677. The van der Waals surface area contributed by atoms with Crippen molar-refractivity contribution in [2.24, 2.45) is 5.92 Å². The lowest BCUT2D eigenvalue weighted by Gasteiger charge is -2.10. The lowest BCUT2D eigenvalue weighted by atomic mass is 10.1. The summed E-state index contributed by atoms with van der Waals surface area (Å²) >= 11 is 0. The highest BCUT2D eigenvalue weighted by Crippen LogP contribution is 2.10. The summed E-state index contributed by atoms with van der Waals surface area (Å²) < 4.78 is 0. The maximum absolute atomic E-state index is 8.89. The van der Waals surface area contributed by atoms with Crippen molar-refractivity contribution < 1.29 is 5.11 Å². The number of rotatable bonds is 8. The van der Waals surface area contributed by atoms with Crippen molar-refractivity contribution in [3.63, 3.8) is 0 Å². The second-order valence-corrected chi connectivity index (χ2v) is 4.58. The van der Waals surface area contributed by atoms with Gasteiger partial charge in [-0.1, -0.05) is 43.8 Å². The van der Waals surface area contributed by atoms with Gasteiger partial charge >= 0.3 is 0 Å². The molecule has 0 aliphatic heterocycles. The first kappa shape index (κ1) is 13.9. The van der Waals surface area contributed by atoms with Crippen molar-refractivity contribution in [2.45, 2.75) is 19.8 Å². The van der Waals surface area contributed by atoms with Gasteiger partial charge in [0.15, 0.2) is 0 Å². The average Bonchev–Trinajstić information content (AvgIpc) is 2.38. The van der Waals surface area contributed by atoms with E-state index in [4.69, 9.17) is 5.11 Å². The predicted molar refractivity (Wildman–Crippen MR) is 73.8 cm³/mol. The predicted octanol–water partition coefficient (Wildman–Crippen LogP) is 2.70. The molecule has 0 heterocycles. The molecule has 0 radical (unpaired) electrons. The zero-order chi connectivity index (χ0) is 12.5. The first-order valence-electron chi connectivity index (χ1n) is 6.28. The third kappa shape index (κ3) is 5.66. The van der Waals surface area contributed by atoms with E-state index in [1.807, 2.05) is 18.2 Å². The van der Waals surface area contributed by atoms with Crippen molar-refractivity contribution in [1.29, 1.82) is 0 Å². The van der Waals surface area contributed by atoms with Gasteiger partial charge in [0.05, 0.1) is 0 Å². The molecule has 1 atom stereocenters. The van der Waals surface area contributed by atoms with E-state index in [0.29, 0.717) is 5.92 Å². The van der Waals surface area contributed by atoms with Crippen LogP contribution in [0.15, 0.2) is 36.9 Å². The fourth-order valence-electron chi connectivity index (χ4n) is 1.68. The van der Waals surface area contributed by atoms with Crippen molar-refractivity contribution in [1.82, 2.24) is 5.32 Å². The molecule has 0 fully saturated rings. The molecule has 2 nitrogen and oxygen atoms in total. The van der Waals surface area contributed by atoms with Crippen LogP contribution in [0.5, 0.6) is 0 Å². The van der Waals surface area contributed by atoms with Crippen LogP contribution in [0.4, 0.5) is 0 Å². The lowest BCUT2D eigenvalue weighted by Crippen LogP contribution is -2.18. The summed E-state index contributed by atoms with van der Waals surface area (Å²) in [5, 5.41) is 12.3. The van der Waals surface area contributed by atoms with Crippen molar-refractivity contribution in [3.8, 4) is 0 Å². The summed E-state index contributed by atoms with van der Waals surface area (Å²) in [5.41, 5.74) is 2.32. The highest BCUT2D eigenvalue weighted by atomic mass is 16.3. The second-order valence-electron chi connectivity index (χ2n) is 4.58. The smallest absolute Gasteiger partial charge is 0.0456 e. The van der Waals surface area contributed by atoms with E-state index >= 15 is 0 Å². The van der Waals surface area contributed by atoms with Gasteiger partial charge in [0.2, 0.25) is 0 Å². The fourth-order valence-corrected chi connectivity index (χ4v) is 1.68. The topological polar surface area (TPSA) is 32.3 Å². The molecule has 0 aliphatic rings. The molecule has 0 spiro atoms. The zero-order valence-corrected chi connectivity index (χ0v) is 10.7. The Balaban J connectivity index is 2.13. The van der Waals surface area contributed by atoms with Crippen LogP contribution in [0.3, 0.4) is 0 Å². The normalized spacial score (nSPS) is 12.4. The van der Waals surface area contributed by atoms with E-state index in [1.165, 1.54) is 5.56 Å². The molecule has 2 N–H and O–H groups in total. The van der Waals surface area contributed by atoms with Gasteiger partial charge in [0.1, 0.15) is 0 Å². The van der Waals surface area contributed by atoms with E-state index < -0.39 is 0 Å². The van der Waals surface area contributed by atoms with Crippen LogP contribution < -0.4 is 5.32 Å². The Hall–Kier alpha value is -1.12. The van der Waals surface area contributed by atoms with Gasteiger partial charge in [-0.2, -0.15) is 0 Å². The molecule has 0 amide bonds. The Morgan fingerprint density at radius 3 is 2.71 bits per heavy atom. The molecule has 0 saturated heterocycles. The van der Waals surface area contributed by atoms with Crippen LogP contribution in [-0.2, 0) is 0 Å². The van der Waals surface area contributed by atoms with Crippen LogP contribution in [0.25, 0.3) is 5.57 Å². The SMILES string of the molecule is C=C(CNCCCC(C)CO)c1ccccc1. The third-order valence-corrected chi connectivity index (χ3v) is 2.88. The van der Waals surface area contributed by atoms with E-state index in [1.54, 1.807) is 0 Å². The molecular formula is C15H23NO. The zero-order valence-electron chi connectivity index (χ0n) is 10.7. The van der Waals surface area contributed by atoms with Gasteiger partial charge < -0.3 is 10.4 Å². The molecule has 17 heavy (non-hydrogen) atoms. The molecule has 1 aromatic rings. The third-order valence-electron chi connectivity index (χ3n) is 2.88. The maximum atomic E-state index is 8.89. The summed E-state index contributed by atoms with van der Waals surface area (Å²) in [6, 6.07) is 10.2. The monoisotopic (exact) mass is 233 g/mol. The highest BCUT2D eigenvalue weighted by molar-refractivity contribution is 5.64. The molecule has 1 unspecified atom stereocenters. The van der Waals surface area contributed by atoms with E-state index in [-0.39, 0.29) is 6.61 Å². The fraction of sp³-hybridized carbons (Fsp3) is 0.467. The first-order valence-corrected chi connectivity index (χ1v) is 6.28. The number of hydrogen-bond acceptors (Lipinski definition) is 2. The Bertz CT molecular complexity index is 321. The largest absolute Gasteiger partial charge is 0.396 e. The van der Waals surface area contributed by atoms with Crippen molar-refractivity contribution >= 4 is 5.57 Å². The van der Waals surface area contributed by atoms with Gasteiger partial charge in [-0.15, -0.1) is 0 Å². The standard InChI is InChI=1S/C15H23NO/c1-13(12-17)7-6-10-16-11-14(2)15-8-4-3-5-9-15/h3-5,8-9,13,16-17H,2,6-7,10-12H2,1H3. The molecule has 0 saturated carbocycles. The van der Waals surface area contributed by atoms with Crippen LogP contribution in [0.1, 0.15) is 25.3 Å². The Labute approximate surface area is 104 Å². The number of aliphatic hydroxyl groups excluding tert-OH is 1. The molecule has 0 aromatic heterocycles. The molecule has 1 aromatic carbocycles. The van der Waals surface area contributed by atoms with Gasteiger partial charge in [-0.25, -0.2) is 0 Å². The lowest BCUT2D eigenvalue weighted by molar-refractivity contribution is 0.228. The van der Waals surface area contributed by atoms with Crippen LogP contribution in [0.2, 0.25) is 0 Å². The average molecular weight is 233 g/mol. The second kappa shape index (κ2) is 8.04. The van der Waals surface area contributed by atoms with Gasteiger partial charge in [0, 0.05) is 13.2 Å². The maximum Gasteiger partial charge on any atom is 0.0456 e. The summed E-state index contributed by atoms with van der Waals surface area (Å²) in [5.74, 6) is 0.411. The molecular weight excluding hydrogens is 210 g/mol. The Morgan fingerprint density at radius 1 is 1.35 bits per heavy atom. The minimum absolute atomic E-state index is 0.288. The van der Waals surface area contributed by atoms with Gasteiger partial charge in [0.25, 0.3) is 0 Å². The Kier molecular flexibility index (Phi) is 6.60. The molecule has 0 bridgehead atoms. The van der Waals surface area contributed by atoms with E-state index in [2.05, 4.69) is 31.0 Å². The van der Waals surface area contributed by atoms with Crippen molar-refractivity contribution in [3.05, 3.63) is 42.5 Å². The highest BCUT2D eigenvalue weighted by Gasteiger charge is 2.00. The number of nitrogens with one attached hydrogen (secondary N) is 1. The molecule has 2 heteroatoms. The minimum Gasteiger partial charge on any atom is -0.396 e. The number of hydrogen-bond donors (Lipinski definition) is 2.